The van der Waals surface area contributed by atoms with Crippen LogP contribution in [0.2, 0.25) is 0 Å². The van der Waals surface area contributed by atoms with Gasteiger partial charge in [0.2, 0.25) is 0 Å². The second-order valence-electron chi connectivity index (χ2n) is 4.41. The summed E-state index contributed by atoms with van der Waals surface area (Å²) in [6.45, 7) is 1.31. The van der Waals surface area contributed by atoms with Gasteiger partial charge in [-0.05, 0) is 24.3 Å². The third-order valence-electron chi connectivity index (χ3n) is 3.63. The van der Waals surface area contributed by atoms with Crippen molar-refractivity contribution in [3.63, 3.8) is 0 Å². The minimum Gasteiger partial charge on any atom is -0.388 e. The molecular weight excluding hydrogens is 198 g/mol. The van der Waals surface area contributed by atoms with Crippen LogP contribution < -0.4 is 5.73 Å². The first kappa shape index (κ1) is 10.7. The highest BCUT2D eigenvalue weighted by atomic mass is 32.2. The summed E-state index contributed by atoms with van der Waals surface area (Å²) in [4.78, 5) is 0. The molecule has 3 N–H and O–H groups in total. The Morgan fingerprint density at radius 3 is 2.21 bits per heavy atom. The van der Waals surface area contributed by atoms with E-state index in [1.54, 1.807) is 0 Å². The van der Waals surface area contributed by atoms with Gasteiger partial charge in [-0.2, -0.15) is 11.8 Å². The molecule has 0 atom stereocenters. The zero-order chi connectivity index (χ0) is 10.1. The lowest BCUT2D eigenvalue weighted by molar-refractivity contribution is -0.112. The molecule has 0 radical (unpaired) electrons. The Bertz CT molecular complexity index is 176. The Morgan fingerprint density at radius 2 is 1.64 bits per heavy atom. The summed E-state index contributed by atoms with van der Waals surface area (Å²) in [5, 5.41) is 10.5. The van der Waals surface area contributed by atoms with Crippen molar-refractivity contribution in [3.05, 3.63) is 0 Å². The molecule has 0 unspecified atom stereocenters. The van der Waals surface area contributed by atoms with Gasteiger partial charge in [0.05, 0.1) is 5.60 Å². The SMILES string of the molecule is NC1(C2(O)CCOCC2)CCSCC1. The molecule has 2 saturated heterocycles. The standard InChI is InChI=1S/C10H19NO2S/c11-9(3-7-14-8-4-9)10(12)1-5-13-6-2-10/h12H,1-8,11H2. The number of aliphatic hydroxyl groups is 1. The van der Waals surface area contributed by atoms with Gasteiger partial charge in [0.25, 0.3) is 0 Å². The molecule has 0 saturated carbocycles. The van der Waals surface area contributed by atoms with Gasteiger partial charge in [0, 0.05) is 31.6 Å². The molecule has 0 aromatic carbocycles. The molecule has 14 heavy (non-hydrogen) atoms. The fourth-order valence-corrected chi connectivity index (χ4v) is 3.63. The minimum absolute atomic E-state index is 0.359. The summed E-state index contributed by atoms with van der Waals surface area (Å²) < 4.78 is 5.28. The van der Waals surface area contributed by atoms with Crippen molar-refractivity contribution in [3.8, 4) is 0 Å². The van der Waals surface area contributed by atoms with Crippen molar-refractivity contribution in [1.29, 1.82) is 0 Å². The number of hydrogen-bond acceptors (Lipinski definition) is 4. The van der Waals surface area contributed by atoms with Gasteiger partial charge < -0.3 is 15.6 Å². The molecule has 2 fully saturated rings. The highest BCUT2D eigenvalue weighted by molar-refractivity contribution is 7.99. The zero-order valence-electron chi connectivity index (χ0n) is 8.50. The molecule has 0 amide bonds. The van der Waals surface area contributed by atoms with Crippen molar-refractivity contribution >= 4 is 11.8 Å². The van der Waals surface area contributed by atoms with Crippen LogP contribution in [0.4, 0.5) is 0 Å². The van der Waals surface area contributed by atoms with Gasteiger partial charge in [-0.25, -0.2) is 0 Å². The topological polar surface area (TPSA) is 55.5 Å². The molecule has 82 valence electrons. The first-order valence-electron chi connectivity index (χ1n) is 5.33. The van der Waals surface area contributed by atoms with Crippen LogP contribution in [-0.4, -0.2) is 41.0 Å². The number of ether oxygens (including phenoxy) is 1. The molecular formula is C10H19NO2S. The zero-order valence-corrected chi connectivity index (χ0v) is 9.31. The molecule has 2 rings (SSSR count). The molecule has 0 aliphatic carbocycles. The summed E-state index contributed by atoms with van der Waals surface area (Å²) in [6, 6.07) is 0. The molecule has 2 aliphatic heterocycles. The lowest BCUT2D eigenvalue weighted by atomic mass is 9.72. The fraction of sp³-hybridized carbons (Fsp3) is 1.00. The van der Waals surface area contributed by atoms with E-state index in [0.29, 0.717) is 26.1 Å². The first-order chi connectivity index (χ1) is 6.66. The van der Waals surface area contributed by atoms with E-state index in [2.05, 4.69) is 0 Å². The average Bonchev–Trinajstić information content (AvgIpc) is 2.20. The van der Waals surface area contributed by atoms with Crippen molar-refractivity contribution in [1.82, 2.24) is 0 Å². The maximum Gasteiger partial charge on any atom is 0.0870 e. The van der Waals surface area contributed by atoms with Crippen LogP contribution in [0.25, 0.3) is 0 Å². The van der Waals surface area contributed by atoms with E-state index < -0.39 is 5.60 Å². The molecule has 2 aliphatic rings. The Labute approximate surface area is 89.4 Å². The van der Waals surface area contributed by atoms with E-state index in [9.17, 15) is 5.11 Å². The maximum absolute atomic E-state index is 10.5. The van der Waals surface area contributed by atoms with E-state index in [0.717, 1.165) is 24.3 Å². The Kier molecular flexibility index (Phi) is 3.07. The minimum atomic E-state index is -0.674. The quantitative estimate of drug-likeness (QED) is 0.680. The highest BCUT2D eigenvalue weighted by Crippen LogP contribution is 2.39. The number of thioether (sulfide) groups is 1. The van der Waals surface area contributed by atoms with Crippen molar-refractivity contribution < 1.29 is 9.84 Å². The summed E-state index contributed by atoms with van der Waals surface area (Å²) in [7, 11) is 0. The normalized spacial score (nSPS) is 31.3. The van der Waals surface area contributed by atoms with Gasteiger partial charge >= 0.3 is 0 Å². The van der Waals surface area contributed by atoms with Gasteiger partial charge in [-0.3, -0.25) is 0 Å². The van der Waals surface area contributed by atoms with Crippen LogP contribution in [0.15, 0.2) is 0 Å². The van der Waals surface area contributed by atoms with E-state index in [-0.39, 0.29) is 5.54 Å². The molecule has 3 nitrogen and oxygen atoms in total. The molecule has 0 aromatic rings. The highest BCUT2D eigenvalue weighted by Gasteiger charge is 2.48. The second-order valence-corrected chi connectivity index (χ2v) is 5.64. The van der Waals surface area contributed by atoms with Gasteiger partial charge in [0.1, 0.15) is 0 Å². The second kappa shape index (κ2) is 4.00. The van der Waals surface area contributed by atoms with Crippen LogP contribution >= 0.6 is 11.8 Å². The lowest BCUT2D eigenvalue weighted by Gasteiger charge is -2.48. The van der Waals surface area contributed by atoms with Crippen molar-refractivity contribution in [2.24, 2.45) is 5.73 Å². The smallest absolute Gasteiger partial charge is 0.0870 e. The van der Waals surface area contributed by atoms with Crippen LogP contribution in [-0.2, 0) is 4.74 Å². The van der Waals surface area contributed by atoms with Gasteiger partial charge in [0.15, 0.2) is 0 Å². The Balaban J connectivity index is 2.09. The van der Waals surface area contributed by atoms with E-state index in [1.807, 2.05) is 11.8 Å². The largest absolute Gasteiger partial charge is 0.388 e. The van der Waals surface area contributed by atoms with Crippen LogP contribution in [0.5, 0.6) is 0 Å². The molecule has 0 bridgehead atoms. The Morgan fingerprint density at radius 1 is 1.07 bits per heavy atom. The molecule has 4 heteroatoms. The summed E-state index contributed by atoms with van der Waals surface area (Å²) in [5.41, 5.74) is 5.32. The molecule has 0 aromatic heterocycles. The number of nitrogens with two attached hydrogens (primary N) is 1. The van der Waals surface area contributed by atoms with Crippen LogP contribution in [0.3, 0.4) is 0 Å². The molecule has 2 heterocycles. The Hall–Kier alpha value is 0.230. The number of hydrogen-bond donors (Lipinski definition) is 2. The summed E-state index contributed by atoms with van der Waals surface area (Å²) >= 11 is 1.94. The first-order valence-corrected chi connectivity index (χ1v) is 6.49. The van der Waals surface area contributed by atoms with E-state index in [4.69, 9.17) is 10.5 Å². The number of rotatable bonds is 1. The third kappa shape index (κ3) is 1.81. The third-order valence-corrected chi connectivity index (χ3v) is 4.62. The van der Waals surface area contributed by atoms with Crippen LogP contribution in [0.1, 0.15) is 25.7 Å². The lowest BCUT2D eigenvalue weighted by Crippen LogP contribution is -2.64. The summed E-state index contributed by atoms with van der Waals surface area (Å²) in [6.07, 6.45) is 3.28. The molecule has 0 spiro atoms. The average molecular weight is 217 g/mol. The van der Waals surface area contributed by atoms with Gasteiger partial charge in [-0.1, -0.05) is 0 Å². The predicted octanol–water partition coefficient (Wildman–Crippen LogP) is 0.752. The van der Waals surface area contributed by atoms with E-state index >= 15 is 0 Å². The monoisotopic (exact) mass is 217 g/mol. The van der Waals surface area contributed by atoms with Crippen molar-refractivity contribution in [2.45, 2.75) is 36.8 Å². The fourth-order valence-electron chi connectivity index (χ4n) is 2.41. The van der Waals surface area contributed by atoms with Crippen LogP contribution in [0, 0.1) is 0 Å². The maximum atomic E-state index is 10.5. The predicted molar refractivity (Wildman–Crippen MR) is 58.5 cm³/mol. The van der Waals surface area contributed by atoms with Crippen molar-refractivity contribution in [2.75, 3.05) is 24.7 Å². The summed E-state index contributed by atoms with van der Waals surface area (Å²) in [5.74, 6) is 2.17. The van der Waals surface area contributed by atoms with Gasteiger partial charge in [-0.15, -0.1) is 0 Å². The van der Waals surface area contributed by atoms with E-state index in [1.165, 1.54) is 0 Å².